The van der Waals surface area contributed by atoms with Gasteiger partial charge in [0.15, 0.2) is 0 Å². The molecule has 3 rings (SSSR count). The molecule has 0 spiro atoms. The van der Waals surface area contributed by atoms with Crippen LogP contribution in [-0.4, -0.2) is 42.0 Å². The van der Waals surface area contributed by atoms with E-state index in [0.717, 1.165) is 13.0 Å². The van der Waals surface area contributed by atoms with Crippen molar-refractivity contribution in [1.29, 1.82) is 0 Å². The lowest BCUT2D eigenvalue weighted by molar-refractivity contribution is -0.140. The number of carbonyl (C=O) groups is 1. The number of ether oxygens (including phenoxy) is 1. The van der Waals surface area contributed by atoms with Gasteiger partial charge in [0.1, 0.15) is 6.10 Å². The van der Waals surface area contributed by atoms with Crippen LogP contribution in [0.1, 0.15) is 42.1 Å². The Bertz CT molecular complexity index is 554. The number of thioether (sulfide) groups is 1. The molecular formula is C19H27NO2S. The Balaban J connectivity index is 1.62. The zero-order chi connectivity index (χ0) is 16.2. The first-order chi connectivity index (χ1) is 11.1. The first-order valence-corrected chi connectivity index (χ1v) is 9.83. The Morgan fingerprint density at radius 2 is 2.09 bits per heavy atom. The molecule has 0 aromatic heterocycles. The summed E-state index contributed by atoms with van der Waals surface area (Å²) in [7, 11) is 0. The standard InChI is InChI=1S/C19H27NO2S/c1-14-3-4-17(15(2)11-14)18-13-20(7-8-22-18)19(21)12-16-5-9-23-10-6-16/h3-4,11,16,18H,5-10,12-13H2,1-2H3. The van der Waals surface area contributed by atoms with Gasteiger partial charge in [0.05, 0.1) is 13.2 Å². The van der Waals surface area contributed by atoms with Crippen molar-refractivity contribution < 1.29 is 9.53 Å². The third kappa shape index (κ3) is 4.30. The summed E-state index contributed by atoms with van der Waals surface area (Å²) in [6.45, 7) is 6.32. The third-order valence-electron chi connectivity index (χ3n) is 5.00. The maximum atomic E-state index is 12.6. The molecule has 1 atom stereocenters. The van der Waals surface area contributed by atoms with Gasteiger partial charge in [-0.25, -0.2) is 0 Å². The fraction of sp³-hybridized carbons (Fsp3) is 0.632. The van der Waals surface area contributed by atoms with Gasteiger partial charge in [0.2, 0.25) is 5.91 Å². The van der Waals surface area contributed by atoms with Gasteiger partial charge in [-0.1, -0.05) is 23.8 Å². The zero-order valence-electron chi connectivity index (χ0n) is 14.2. The lowest BCUT2D eigenvalue weighted by atomic mass is 9.97. The monoisotopic (exact) mass is 333 g/mol. The second-order valence-electron chi connectivity index (χ2n) is 6.82. The highest BCUT2D eigenvalue weighted by molar-refractivity contribution is 7.99. The molecule has 0 radical (unpaired) electrons. The van der Waals surface area contributed by atoms with E-state index in [-0.39, 0.29) is 6.10 Å². The molecule has 2 aliphatic heterocycles. The van der Waals surface area contributed by atoms with Crippen molar-refractivity contribution in [3.8, 4) is 0 Å². The molecule has 4 heteroatoms. The summed E-state index contributed by atoms with van der Waals surface area (Å²) in [5.74, 6) is 3.34. The average Bonchev–Trinajstić information content (AvgIpc) is 2.56. The van der Waals surface area contributed by atoms with Gasteiger partial charge in [-0.05, 0) is 55.2 Å². The molecule has 1 aromatic carbocycles. The average molecular weight is 333 g/mol. The topological polar surface area (TPSA) is 29.5 Å². The fourth-order valence-corrected chi connectivity index (χ4v) is 4.78. The van der Waals surface area contributed by atoms with Gasteiger partial charge in [0.25, 0.3) is 0 Å². The minimum absolute atomic E-state index is 0.0233. The summed E-state index contributed by atoms with van der Waals surface area (Å²) in [6.07, 6.45) is 3.14. The normalized spacial score (nSPS) is 23.0. The summed E-state index contributed by atoms with van der Waals surface area (Å²) in [4.78, 5) is 14.7. The molecule has 2 aliphatic rings. The van der Waals surface area contributed by atoms with Crippen LogP contribution in [0.2, 0.25) is 0 Å². The van der Waals surface area contributed by atoms with Crippen LogP contribution in [0.15, 0.2) is 18.2 Å². The minimum Gasteiger partial charge on any atom is -0.370 e. The minimum atomic E-state index is 0.0233. The highest BCUT2D eigenvalue weighted by Gasteiger charge is 2.28. The molecule has 2 heterocycles. The summed E-state index contributed by atoms with van der Waals surface area (Å²) >= 11 is 2.02. The van der Waals surface area contributed by atoms with Gasteiger partial charge in [-0.3, -0.25) is 4.79 Å². The maximum Gasteiger partial charge on any atom is 0.223 e. The number of benzene rings is 1. The smallest absolute Gasteiger partial charge is 0.223 e. The van der Waals surface area contributed by atoms with Gasteiger partial charge >= 0.3 is 0 Å². The molecule has 1 amide bonds. The third-order valence-corrected chi connectivity index (χ3v) is 6.04. The fourth-order valence-electron chi connectivity index (χ4n) is 3.58. The van der Waals surface area contributed by atoms with Crippen molar-refractivity contribution in [1.82, 2.24) is 4.90 Å². The first kappa shape index (κ1) is 16.8. The zero-order valence-corrected chi connectivity index (χ0v) is 15.0. The summed E-state index contributed by atoms with van der Waals surface area (Å²) in [5, 5.41) is 0. The van der Waals surface area contributed by atoms with E-state index in [0.29, 0.717) is 25.0 Å². The number of nitrogens with zero attached hydrogens (tertiary/aromatic N) is 1. The molecule has 1 unspecified atom stereocenters. The van der Waals surface area contributed by atoms with E-state index in [4.69, 9.17) is 4.74 Å². The van der Waals surface area contributed by atoms with Gasteiger partial charge in [-0.2, -0.15) is 11.8 Å². The van der Waals surface area contributed by atoms with Gasteiger partial charge in [-0.15, -0.1) is 0 Å². The second-order valence-corrected chi connectivity index (χ2v) is 8.04. The lowest BCUT2D eigenvalue weighted by Gasteiger charge is -2.35. The van der Waals surface area contributed by atoms with Crippen LogP contribution >= 0.6 is 11.8 Å². The number of amides is 1. The van der Waals surface area contributed by atoms with E-state index in [1.807, 2.05) is 16.7 Å². The van der Waals surface area contributed by atoms with Crippen molar-refractivity contribution in [2.24, 2.45) is 5.92 Å². The maximum absolute atomic E-state index is 12.6. The van der Waals surface area contributed by atoms with Crippen molar-refractivity contribution in [2.45, 2.75) is 39.2 Å². The van der Waals surface area contributed by atoms with E-state index in [9.17, 15) is 4.79 Å². The van der Waals surface area contributed by atoms with Crippen LogP contribution in [-0.2, 0) is 9.53 Å². The molecule has 23 heavy (non-hydrogen) atoms. The molecule has 0 N–H and O–H groups in total. The SMILES string of the molecule is Cc1ccc(C2CN(C(=O)CC3CCSCC3)CCO2)c(C)c1. The Labute approximate surface area is 143 Å². The number of rotatable bonds is 3. The summed E-state index contributed by atoms with van der Waals surface area (Å²) < 4.78 is 5.96. The molecular weight excluding hydrogens is 306 g/mol. The van der Waals surface area contributed by atoms with Crippen LogP contribution in [0.4, 0.5) is 0 Å². The molecule has 2 fully saturated rings. The van der Waals surface area contributed by atoms with Crippen LogP contribution in [0.25, 0.3) is 0 Å². The Kier molecular flexibility index (Phi) is 5.65. The van der Waals surface area contributed by atoms with Crippen LogP contribution in [0.3, 0.4) is 0 Å². The molecule has 0 aliphatic carbocycles. The number of carbonyl (C=O) groups excluding carboxylic acids is 1. The summed E-state index contributed by atoms with van der Waals surface area (Å²) in [6, 6.07) is 6.48. The molecule has 3 nitrogen and oxygen atoms in total. The van der Waals surface area contributed by atoms with E-state index in [1.54, 1.807) is 0 Å². The molecule has 0 saturated carbocycles. The van der Waals surface area contributed by atoms with Gasteiger partial charge in [0, 0.05) is 13.0 Å². The number of aryl methyl sites for hydroxylation is 2. The van der Waals surface area contributed by atoms with Crippen molar-refractivity contribution in [3.63, 3.8) is 0 Å². The summed E-state index contributed by atoms with van der Waals surface area (Å²) in [5.41, 5.74) is 3.75. The predicted molar refractivity (Wildman–Crippen MR) is 95.9 cm³/mol. The Morgan fingerprint density at radius 1 is 1.30 bits per heavy atom. The predicted octanol–water partition coefficient (Wildman–Crippen LogP) is 3.74. The van der Waals surface area contributed by atoms with E-state index >= 15 is 0 Å². The first-order valence-electron chi connectivity index (χ1n) is 8.68. The highest BCUT2D eigenvalue weighted by atomic mass is 32.2. The Hall–Kier alpha value is -1.00. The van der Waals surface area contributed by atoms with E-state index < -0.39 is 0 Å². The van der Waals surface area contributed by atoms with Crippen LogP contribution in [0, 0.1) is 19.8 Å². The second kappa shape index (κ2) is 7.71. The lowest BCUT2D eigenvalue weighted by Crippen LogP contribution is -2.43. The highest BCUT2D eigenvalue weighted by Crippen LogP contribution is 2.29. The number of morpholine rings is 1. The molecule has 0 bridgehead atoms. The molecule has 1 aromatic rings. The van der Waals surface area contributed by atoms with E-state index in [1.165, 1.54) is 41.0 Å². The van der Waals surface area contributed by atoms with Crippen molar-refractivity contribution >= 4 is 17.7 Å². The molecule has 2 saturated heterocycles. The molecule has 126 valence electrons. The van der Waals surface area contributed by atoms with Crippen LogP contribution < -0.4 is 0 Å². The number of hydrogen-bond acceptors (Lipinski definition) is 3. The number of hydrogen-bond donors (Lipinski definition) is 0. The van der Waals surface area contributed by atoms with Crippen LogP contribution in [0.5, 0.6) is 0 Å². The van der Waals surface area contributed by atoms with E-state index in [2.05, 4.69) is 32.0 Å². The van der Waals surface area contributed by atoms with Crippen molar-refractivity contribution in [2.75, 3.05) is 31.2 Å². The van der Waals surface area contributed by atoms with Crippen molar-refractivity contribution in [3.05, 3.63) is 34.9 Å². The largest absolute Gasteiger partial charge is 0.370 e. The quantitative estimate of drug-likeness (QED) is 0.844. The van der Waals surface area contributed by atoms with Gasteiger partial charge < -0.3 is 9.64 Å². The Morgan fingerprint density at radius 3 is 2.83 bits per heavy atom.